The highest BCUT2D eigenvalue weighted by molar-refractivity contribution is 5.92. The molecule has 0 aliphatic carbocycles. The fourth-order valence-corrected chi connectivity index (χ4v) is 2.13. The number of hydrogen-bond donors (Lipinski definition) is 2. The van der Waals surface area contributed by atoms with Gasteiger partial charge in [-0.2, -0.15) is 0 Å². The molecule has 0 atom stereocenters. The van der Waals surface area contributed by atoms with E-state index in [1.54, 1.807) is 13.0 Å². The zero-order chi connectivity index (χ0) is 16.1. The summed E-state index contributed by atoms with van der Waals surface area (Å²) in [7, 11) is 0. The Morgan fingerprint density at radius 3 is 2.59 bits per heavy atom. The Hall–Kier alpha value is -2.43. The lowest BCUT2D eigenvalue weighted by atomic mass is 10.1. The lowest BCUT2D eigenvalue weighted by Gasteiger charge is -2.11. The number of nitrogens with zero attached hydrogens (tertiary/aromatic N) is 2. The van der Waals surface area contributed by atoms with Gasteiger partial charge in [-0.3, -0.25) is 4.79 Å². The van der Waals surface area contributed by atoms with Crippen molar-refractivity contribution in [1.82, 2.24) is 15.3 Å². The van der Waals surface area contributed by atoms with Gasteiger partial charge in [0, 0.05) is 18.7 Å². The van der Waals surface area contributed by atoms with E-state index in [4.69, 9.17) is 0 Å². The van der Waals surface area contributed by atoms with Crippen LogP contribution in [0, 0.1) is 13.8 Å². The summed E-state index contributed by atoms with van der Waals surface area (Å²) < 4.78 is 0. The molecule has 1 aromatic heterocycles. The summed E-state index contributed by atoms with van der Waals surface area (Å²) in [5.74, 6) is 1.05. The van der Waals surface area contributed by atoms with Crippen LogP contribution in [0.4, 0.5) is 5.82 Å². The zero-order valence-corrected chi connectivity index (χ0v) is 13.5. The van der Waals surface area contributed by atoms with Gasteiger partial charge in [0.2, 0.25) is 0 Å². The van der Waals surface area contributed by atoms with Crippen LogP contribution < -0.4 is 10.6 Å². The molecular weight excluding hydrogens is 276 g/mol. The van der Waals surface area contributed by atoms with E-state index in [-0.39, 0.29) is 11.9 Å². The Morgan fingerprint density at radius 2 is 1.91 bits per heavy atom. The van der Waals surface area contributed by atoms with Gasteiger partial charge in [-0.15, -0.1) is 0 Å². The molecule has 116 valence electrons. The van der Waals surface area contributed by atoms with Gasteiger partial charge in [0.1, 0.15) is 17.3 Å². The van der Waals surface area contributed by atoms with Gasteiger partial charge < -0.3 is 10.6 Å². The van der Waals surface area contributed by atoms with Crippen molar-refractivity contribution in [3.8, 4) is 0 Å². The number of aromatic nitrogens is 2. The highest BCUT2D eigenvalue weighted by Gasteiger charge is 2.11. The van der Waals surface area contributed by atoms with Gasteiger partial charge in [-0.05, 0) is 38.8 Å². The Labute approximate surface area is 131 Å². The summed E-state index contributed by atoms with van der Waals surface area (Å²) in [6, 6.07) is 9.91. The predicted molar refractivity (Wildman–Crippen MR) is 87.9 cm³/mol. The van der Waals surface area contributed by atoms with Crippen LogP contribution in [0.1, 0.15) is 41.3 Å². The molecule has 22 heavy (non-hydrogen) atoms. The smallest absolute Gasteiger partial charge is 0.270 e. The monoisotopic (exact) mass is 298 g/mol. The molecule has 2 aromatic rings. The van der Waals surface area contributed by atoms with Crippen molar-refractivity contribution < 1.29 is 4.79 Å². The molecule has 0 unspecified atom stereocenters. The summed E-state index contributed by atoms with van der Waals surface area (Å²) in [4.78, 5) is 20.8. The number of amides is 1. The molecule has 0 saturated heterocycles. The molecule has 0 saturated carbocycles. The summed E-state index contributed by atoms with van der Waals surface area (Å²) in [6.07, 6.45) is 0. The maximum Gasteiger partial charge on any atom is 0.270 e. The average Bonchev–Trinajstić information content (AvgIpc) is 2.44. The van der Waals surface area contributed by atoms with Gasteiger partial charge in [-0.1, -0.05) is 24.3 Å². The van der Waals surface area contributed by atoms with E-state index in [1.165, 1.54) is 0 Å². The summed E-state index contributed by atoms with van der Waals surface area (Å²) in [5, 5.41) is 6.10. The summed E-state index contributed by atoms with van der Waals surface area (Å²) in [6.45, 7) is 8.34. The van der Waals surface area contributed by atoms with Crippen molar-refractivity contribution in [3.63, 3.8) is 0 Å². The second kappa shape index (κ2) is 7.02. The van der Waals surface area contributed by atoms with E-state index in [1.807, 2.05) is 45.0 Å². The maximum absolute atomic E-state index is 12.3. The largest absolute Gasteiger partial charge is 0.368 e. The topological polar surface area (TPSA) is 66.9 Å². The molecule has 0 spiro atoms. The number of nitrogens with one attached hydrogen (secondary N) is 2. The molecule has 2 rings (SSSR count). The van der Waals surface area contributed by atoms with E-state index in [0.717, 1.165) is 11.1 Å². The minimum atomic E-state index is -0.194. The Balaban J connectivity index is 2.09. The van der Waals surface area contributed by atoms with Crippen molar-refractivity contribution in [2.75, 3.05) is 5.32 Å². The first-order valence-electron chi connectivity index (χ1n) is 7.40. The van der Waals surface area contributed by atoms with Crippen molar-refractivity contribution in [2.24, 2.45) is 0 Å². The highest BCUT2D eigenvalue weighted by atomic mass is 16.1. The Morgan fingerprint density at radius 1 is 1.18 bits per heavy atom. The van der Waals surface area contributed by atoms with E-state index in [9.17, 15) is 4.79 Å². The Kier molecular flexibility index (Phi) is 5.09. The van der Waals surface area contributed by atoms with Crippen LogP contribution in [0.3, 0.4) is 0 Å². The normalized spacial score (nSPS) is 10.6. The second-order valence-corrected chi connectivity index (χ2v) is 5.59. The minimum absolute atomic E-state index is 0.194. The van der Waals surface area contributed by atoms with Crippen LogP contribution in [0.15, 0.2) is 30.3 Å². The fraction of sp³-hybridized carbons (Fsp3) is 0.353. The lowest BCUT2D eigenvalue weighted by Crippen LogP contribution is -2.25. The maximum atomic E-state index is 12.3. The third-order valence-corrected chi connectivity index (χ3v) is 3.21. The third kappa shape index (κ3) is 4.28. The van der Waals surface area contributed by atoms with E-state index < -0.39 is 0 Å². The van der Waals surface area contributed by atoms with Gasteiger partial charge in [0.25, 0.3) is 5.91 Å². The minimum Gasteiger partial charge on any atom is -0.368 e. The molecule has 5 heteroatoms. The molecule has 0 aliphatic heterocycles. The number of hydrogen-bond acceptors (Lipinski definition) is 4. The zero-order valence-electron chi connectivity index (χ0n) is 13.5. The standard InChI is InChI=1S/C17H22N4O/c1-11(2)19-16-9-15(20-13(4)21-16)17(22)18-10-14-8-6-5-7-12(14)3/h5-9,11H,10H2,1-4H3,(H,18,22)(H,19,20,21). The van der Waals surface area contributed by atoms with Crippen LogP contribution in [-0.4, -0.2) is 21.9 Å². The summed E-state index contributed by atoms with van der Waals surface area (Å²) in [5.41, 5.74) is 2.63. The quantitative estimate of drug-likeness (QED) is 0.890. The SMILES string of the molecule is Cc1nc(NC(C)C)cc(C(=O)NCc2ccccc2C)n1. The van der Waals surface area contributed by atoms with Crippen molar-refractivity contribution in [2.45, 2.75) is 40.3 Å². The number of aryl methyl sites for hydroxylation is 2. The lowest BCUT2D eigenvalue weighted by molar-refractivity contribution is 0.0945. The molecule has 2 N–H and O–H groups in total. The third-order valence-electron chi connectivity index (χ3n) is 3.21. The molecule has 1 aromatic carbocycles. The van der Waals surface area contributed by atoms with Crippen LogP contribution in [0.5, 0.6) is 0 Å². The number of carbonyl (C=O) groups excluding carboxylic acids is 1. The van der Waals surface area contributed by atoms with E-state index in [0.29, 0.717) is 23.9 Å². The van der Waals surface area contributed by atoms with Gasteiger partial charge in [0.05, 0.1) is 0 Å². The number of rotatable bonds is 5. The first-order valence-corrected chi connectivity index (χ1v) is 7.40. The molecule has 1 heterocycles. The highest BCUT2D eigenvalue weighted by Crippen LogP contribution is 2.10. The number of anilines is 1. The van der Waals surface area contributed by atoms with Gasteiger partial charge >= 0.3 is 0 Å². The molecule has 0 fully saturated rings. The molecule has 5 nitrogen and oxygen atoms in total. The van der Waals surface area contributed by atoms with Crippen LogP contribution in [0.2, 0.25) is 0 Å². The van der Waals surface area contributed by atoms with Crippen molar-refractivity contribution in [3.05, 3.63) is 53.0 Å². The number of benzene rings is 1. The Bertz CT molecular complexity index is 667. The van der Waals surface area contributed by atoms with Crippen LogP contribution in [0.25, 0.3) is 0 Å². The van der Waals surface area contributed by atoms with Crippen molar-refractivity contribution >= 4 is 11.7 Å². The molecule has 1 amide bonds. The first-order chi connectivity index (χ1) is 10.5. The average molecular weight is 298 g/mol. The fourth-order valence-electron chi connectivity index (χ4n) is 2.13. The molecule has 0 aliphatic rings. The van der Waals surface area contributed by atoms with E-state index >= 15 is 0 Å². The first kappa shape index (κ1) is 15.9. The van der Waals surface area contributed by atoms with Gasteiger partial charge in [0.15, 0.2) is 0 Å². The van der Waals surface area contributed by atoms with Crippen LogP contribution in [-0.2, 0) is 6.54 Å². The number of carbonyl (C=O) groups is 1. The van der Waals surface area contributed by atoms with Crippen molar-refractivity contribution in [1.29, 1.82) is 0 Å². The molecular formula is C17H22N4O. The summed E-state index contributed by atoms with van der Waals surface area (Å²) >= 11 is 0. The van der Waals surface area contributed by atoms with E-state index in [2.05, 4.69) is 20.6 Å². The predicted octanol–water partition coefficient (Wildman–Crippen LogP) is 2.84. The molecule has 0 bridgehead atoms. The van der Waals surface area contributed by atoms with Crippen LogP contribution >= 0.6 is 0 Å². The van der Waals surface area contributed by atoms with Gasteiger partial charge in [-0.25, -0.2) is 9.97 Å². The molecule has 0 radical (unpaired) electrons. The second-order valence-electron chi connectivity index (χ2n) is 5.59.